The van der Waals surface area contributed by atoms with E-state index in [-0.39, 0.29) is 0 Å². The summed E-state index contributed by atoms with van der Waals surface area (Å²) in [5.41, 5.74) is 0.507. The Bertz CT molecular complexity index is 162. The van der Waals surface area contributed by atoms with Gasteiger partial charge in [-0.05, 0) is 30.1 Å². The van der Waals surface area contributed by atoms with Gasteiger partial charge in [-0.2, -0.15) is 11.8 Å². The number of hydrogen-bond donors (Lipinski definition) is 0. The molecule has 0 aromatic heterocycles. The summed E-state index contributed by atoms with van der Waals surface area (Å²) in [5.74, 6) is 3.48. The average Bonchev–Trinajstić information content (AvgIpc) is 2.52. The molecule has 0 spiro atoms. The number of hydrogen-bond acceptors (Lipinski definition) is 2. The van der Waals surface area contributed by atoms with Gasteiger partial charge in [0.25, 0.3) is 0 Å². The first-order valence-corrected chi connectivity index (χ1v) is 6.99. The van der Waals surface area contributed by atoms with Gasteiger partial charge in [-0.3, -0.25) is 0 Å². The van der Waals surface area contributed by atoms with Crippen LogP contribution in [0.4, 0.5) is 0 Å². The minimum absolute atomic E-state index is 0.507. The molecule has 1 aliphatic rings. The summed E-state index contributed by atoms with van der Waals surface area (Å²) in [6.07, 6.45) is 1.40. The van der Waals surface area contributed by atoms with Crippen LogP contribution in [0.5, 0.6) is 0 Å². The predicted octanol–water partition coefficient (Wildman–Crippen LogP) is 3.11. The van der Waals surface area contributed by atoms with E-state index in [2.05, 4.69) is 44.4 Å². The van der Waals surface area contributed by atoms with Crippen LogP contribution in [-0.2, 0) is 0 Å². The Balaban J connectivity index is 2.21. The lowest BCUT2D eigenvalue weighted by Crippen LogP contribution is -2.27. The first-order valence-electron chi connectivity index (χ1n) is 5.84. The van der Waals surface area contributed by atoms with E-state index in [1.807, 2.05) is 0 Å². The Morgan fingerprint density at radius 1 is 1.36 bits per heavy atom. The topological polar surface area (TPSA) is 3.24 Å². The van der Waals surface area contributed by atoms with Crippen molar-refractivity contribution in [1.82, 2.24) is 4.90 Å². The first-order chi connectivity index (χ1) is 6.54. The van der Waals surface area contributed by atoms with E-state index in [0.29, 0.717) is 5.41 Å². The van der Waals surface area contributed by atoms with Crippen LogP contribution in [0.1, 0.15) is 34.1 Å². The molecule has 1 heterocycles. The Kier molecular flexibility index (Phi) is 4.78. The molecule has 1 unspecified atom stereocenters. The van der Waals surface area contributed by atoms with Gasteiger partial charge in [0, 0.05) is 18.8 Å². The molecule has 1 fully saturated rings. The molecule has 0 aromatic carbocycles. The van der Waals surface area contributed by atoms with Crippen LogP contribution >= 0.6 is 11.8 Å². The van der Waals surface area contributed by atoms with Crippen LogP contribution in [0, 0.1) is 11.3 Å². The summed E-state index contributed by atoms with van der Waals surface area (Å²) in [6, 6.07) is 0. The second-order valence-electron chi connectivity index (χ2n) is 5.35. The molecule has 0 aromatic rings. The fourth-order valence-electron chi connectivity index (χ4n) is 2.08. The van der Waals surface area contributed by atoms with Crippen molar-refractivity contribution in [2.45, 2.75) is 34.1 Å². The van der Waals surface area contributed by atoms with Gasteiger partial charge in [-0.25, -0.2) is 0 Å². The molecule has 1 aliphatic heterocycles. The fourth-order valence-corrected chi connectivity index (χ4v) is 2.76. The molecule has 1 nitrogen and oxygen atoms in total. The van der Waals surface area contributed by atoms with Gasteiger partial charge in [-0.1, -0.05) is 27.7 Å². The van der Waals surface area contributed by atoms with Crippen LogP contribution in [0.15, 0.2) is 0 Å². The zero-order chi connectivity index (χ0) is 10.6. The van der Waals surface area contributed by atoms with Crippen LogP contribution in [0.3, 0.4) is 0 Å². The lowest BCUT2D eigenvalue weighted by molar-refractivity contribution is 0.233. The number of likely N-dealkylation sites (tertiary alicyclic amines) is 1. The van der Waals surface area contributed by atoms with E-state index in [0.717, 1.165) is 5.92 Å². The van der Waals surface area contributed by atoms with Gasteiger partial charge >= 0.3 is 0 Å². The van der Waals surface area contributed by atoms with E-state index in [1.54, 1.807) is 0 Å². The Morgan fingerprint density at radius 2 is 2.07 bits per heavy atom. The van der Waals surface area contributed by atoms with Crippen molar-refractivity contribution in [1.29, 1.82) is 0 Å². The molecule has 84 valence electrons. The van der Waals surface area contributed by atoms with Crippen LogP contribution < -0.4 is 0 Å². The van der Waals surface area contributed by atoms with Crippen molar-refractivity contribution < 1.29 is 0 Å². The second kappa shape index (κ2) is 5.41. The number of rotatable bonds is 4. The lowest BCUT2D eigenvalue weighted by Gasteiger charge is -2.27. The summed E-state index contributed by atoms with van der Waals surface area (Å²) in [5, 5.41) is 0. The average molecular weight is 215 g/mol. The summed E-state index contributed by atoms with van der Waals surface area (Å²) >= 11 is 2.06. The van der Waals surface area contributed by atoms with Gasteiger partial charge < -0.3 is 4.90 Å². The first kappa shape index (κ1) is 12.4. The standard InChI is InChI=1S/C12H25NS/c1-5-14-9-8-13-7-6-11(10-13)12(2,3)4/h11H,5-10H2,1-4H3. The van der Waals surface area contributed by atoms with Gasteiger partial charge in [-0.15, -0.1) is 0 Å². The van der Waals surface area contributed by atoms with Gasteiger partial charge in [0.1, 0.15) is 0 Å². The van der Waals surface area contributed by atoms with Gasteiger partial charge in [0.15, 0.2) is 0 Å². The second-order valence-corrected chi connectivity index (χ2v) is 6.74. The lowest BCUT2D eigenvalue weighted by atomic mass is 9.80. The third-order valence-corrected chi connectivity index (χ3v) is 4.13. The smallest absolute Gasteiger partial charge is 0.00725 e. The molecule has 0 aliphatic carbocycles. The van der Waals surface area contributed by atoms with Gasteiger partial charge in [0.2, 0.25) is 0 Å². The van der Waals surface area contributed by atoms with Crippen molar-refractivity contribution in [2.24, 2.45) is 11.3 Å². The fraction of sp³-hybridized carbons (Fsp3) is 1.00. The Labute approximate surface area is 93.6 Å². The summed E-state index contributed by atoms with van der Waals surface area (Å²) < 4.78 is 0. The monoisotopic (exact) mass is 215 g/mol. The van der Waals surface area contributed by atoms with Crippen molar-refractivity contribution in [2.75, 3.05) is 31.1 Å². The van der Waals surface area contributed by atoms with Crippen LogP contribution in [-0.4, -0.2) is 36.0 Å². The molecule has 0 amide bonds. The SMILES string of the molecule is CCSCCN1CCC(C(C)(C)C)C1. The maximum absolute atomic E-state index is 2.64. The van der Waals surface area contributed by atoms with E-state index in [4.69, 9.17) is 0 Å². The van der Waals surface area contributed by atoms with Gasteiger partial charge in [0.05, 0.1) is 0 Å². The molecule has 14 heavy (non-hydrogen) atoms. The summed E-state index contributed by atoms with van der Waals surface area (Å²) in [4.78, 5) is 2.64. The molecule has 2 heteroatoms. The van der Waals surface area contributed by atoms with E-state index in [1.165, 1.54) is 37.6 Å². The summed E-state index contributed by atoms with van der Waals surface area (Å²) in [7, 11) is 0. The minimum Gasteiger partial charge on any atom is -0.302 e. The van der Waals surface area contributed by atoms with Crippen molar-refractivity contribution in [3.8, 4) is 0 Å². The molecule has 1 rings (SSSR count). The van der Waals surface area contributed by atoms with Crippen molar-refractivity contribution >= 4 is 11.8 Å². The third-order valence-electron chi connectivity index (χ3n) is 3.25. The van der Waals surface area contributed by atoms with Crippen molar-refractivity contribution in [3.63, 3.8) is 0 Å². The van der Waals surface area contributed by atoms with Crippen LogP contribution in [0.25, 0.3) is 0 Å². The molecule has 0 bridgehead atoms. The zero-order valence-electron chi connectivity index (χ0n) is 10.2. The zero-order valence-corrected chi connectivity index (χ0v) is 11.0. The van der Waals surface area contributed by atoms with E-state index >= 15 is 0 Å². The quantitative estimate of drug-likeness (QED) is 0.663. The molecule has 0 N–H and O–H groups in total. The third kappa shape index (κ3) is 3.82. The highest BCUT2D eigenvalue weighted by Gasteiger charge is 2.31. The van der Waals surface area contributed by atoms with E-state index in [9.17, 15) is 0 Å². The maximum Gasteiger partial charge on any atom is 0.00725 e. The highest BCUT2D eigenvalue weighted by molar-refractivity contribution is 7.99. The molecular formula is C12H25NS. The highest BCUT2D eigenvalue weighted by atomic mass is 32.2. The Hall–Kier alpha value is 0.310. The number of nitrogens with zero attached hydrogens (tertiary/aromatic N) is 1. The molecule has 1 atom stereocenters. The molecular weight excluding hydrogens is 190 g/mol. The molecule has 0 radical (unpaired) electrons. The minimum atomic E-state index is 0.507. The Morgan fingerprint density at radius 3 is 2.57 bits per heavy atom. The van der Waals surface area contributed by atoms with Crippen LogP contribution in [0.2, 0.25) is 0 Å². The van der Waals surface area contributed by atoms with Crippen molar-refractivity contribution in [3.05, 3.63) is 0 Å². The highest BCUT2D eigenvalue weighted by Crippen LogP contribution is 2.33. The normalized spacial score (nSPS) is 24.4. The predicted molar refractivity (Wildman–Crippen MR) is 67.0 cm³/mol. The number of thioether (sulfide) groups is 1. The largest absolute Gasteiger partial charge is 0.302 e. The maximum atomic E-state index is 2.64. The van der Waals surface area contributed by atoms with E-state index < -0.39 is 0 Å². The summed E-state index contributed by atoms with van der Waals surface area (Å²) in [6.45, 7) is 13.3. The molecule has 0 saturated carbocycles. The molecule has 1 saturated heterocycles.